The van der Waals surface area contributed by atoms with E-state index in [1.165, 1.54) is 11.1 Å². The number of benzene rings is 1. The molecule has 19 heavy (non-hydrogen) atoms. The standard InChI is InChI=1S/C15H17N3O/c1-2-4-12-11(3-1)9-13(12)15-17-14(18-19-15)10-5-7-16-8-6-10/h1-4,10,13,16H,5-9H2. The molecule has 2 aromatic rings. The molecule has 1 aromatic carbocycles. The highest BCUT2D eigenvalue weighted by Crippen LogP contribution is 2.39. The third-order valence-corrected chi connectivity index (χ3v) is 4.31. The van der Waals surface area contributed by atoms with Gasteiger partial charge in [0.2, 0.25) is 5.89 Å². The number of nitrogens with zero attached hydrogens (tertiary/aromatic N) is 2. The first-order valence-electron chi connectivity index (χ1n) is 7.04. The normalized spacial score (nSPS) is 22.8. The van der Waals surface area contributed by atoms with Crippen LogP contribution in [0.2, 0.25) is 0 Å². The van der Waals surface area contributed by atoms with Gasteiger partial charge in [0.15, 0.2) is 5.82 Å². The van der Waals surface area contributed by atoms with Gasteiger partial charge < -0.3 is 9.84 Å². The van der Waals surface area contributed by atoms with Crippen molar-refractivity contribution < 1.29 is 4.52 Å². The summed E-state index contributed by atoms with van der Waals surface area (Å²) < 4.78 is 5.50. The van der Waals surface area contributed by atoms with Crippen molar-refractivity contribution in [2.24, 2.45) is 0 Å². The highest BCUT2D eigenvalue weighted by atomic mass is 16.5. The molecule has 1 unspecified atom stereocenters. The highest BCUT2D eigenvalue weighted by Gasteiger charge is 2.32. The van der Waals surface area contributed by atoms with E-state index < -0.39 is 0 Å². The maximum absolute atomic E-state index is 5.50. The molecule has 4 heteroatoms. The number of hydrogen-bond acceptors (Lipinski definition) is 4. The van der Waals surface area contributed by atoms with Gasteiger partial charge in [-0.05, 0) is 43.5 Å². The fraction of sp³-hybridized carbons (Fsp3) is 0.467. The minimum atomic E-state index is 0.319. The zero-order valence-corrected chi connectivity index (χ0v) is 10.8. The van der Waals surface area contributed by atoms with Gasteiger partial charge in [0, 0.05) is 5.92 Å². The molecule has 1 saturated heterocycles. The smallest absolute Gasteiger partial charge is 0.234 e. The molecule has 0 saturated carbocycles. The van der Waals surface area contributed by atoms with Crippen LogP contribution in [-0.2, 0) is 6.42 Å². The second-order valence-corrected chi connectivity index (χ2v) is 5.47. The van der Waals surface area contributed by atoms with Crippen LogP contribution < -0.4 is 5.32 Å². The Bertz CT molecular complexity index is 587. The maximum Gasteiger partial charge on any atom is 0.234 e. The predicted molar refractivity (Wildman–Crippen MR) is 71.1 cm³/mol. The minimum Gasteiger partial charge on any atom is -0.339 e. The topological polar surface area (TPSA) is 51.0 Å². The predicted octanol–water partition coefficient (Wildman–Crippen LogP) is 2.22. The van der Waals surface area contributed by atoms with Crippen LogP contribution in [0.15, 0.2) is 28.8 Å². The van der Waals surface area contributed by atoms with Crippen molar-refractivity contribution in [2.75, 3.05) is 13.1 Å². The summed E-state index contributed by atoms with van der Waals surface area (Å²) in [6.07, 6.45) is 3.25. The van der Waals surface area contributed by atoms with Crippen LogP contribution >= 0.6 is 0 Å². The van der Waals surface area contributed by atoms with Crippen molar-refractivity contribution in [2.45, 2.75) is 31.1 Å². The van der Waals surface area contributed by atoms with Gasteiger partial charge in [-0.15, -0.1) is 0 Å². The third-order valence-electron chi connectivity index (χ3n) is 4.31. The molecule has 2 heterocycles. The van der Waals surface area contributed by atoms with Crippen LogP contribution in [0.3, 0.4) is 0 Å². The number of hydrogen-bond donors (Lipinski definition) is 1. The SMILES string of the molecule is c1ccc2c(c1)CC2c1nc(C2CCNCC2)no1. The lowest BCUT2D eigenvalue weighted by Gasteiger charge is -2.26. The third kappa shape index (κ3) is 1.87. The summed E-state index contributed by atoms with van der Waals surface area (Å²) in [6.45, 7) is 2.11. The van der Waals surface area contributed by atoms with E-state index >= 15 is 0 Å². The van der Waals surface area contributed by atoms with Crippen LogP contribution in [-0.4, -0.2) is 23.2 Å². The number of piperidine rings is 1. The first-order valence-corrected chi connectivity index (χ1v) is 7.04. The van der Waals surface area contributed by atoms with E-state index in [9.17, 15) is 0 Å². The average Bonchev–Trinajstić information content (AvgIpc) is 2.91. The maximum atomic E-state index is 5.50. The number of aromatic nitrogens is 2. The Hall–Kier alpha value is -1.68. The summed E-state index contributed by atoms with van der Waals surface area (Å²) >= 11 is 0. The summed E-state index contributed by atoms with van der Waals surface area (Å²) in [5, 5.41) is 7.57. The molecule has 0 amide bonds. The summed E-state index contributed by atoms with van der Waals surface area (Å²) in [5.74, 6) is 2.49. The van der Waals surface area contributed by atoms with Gasteiger partial charge in [-0.3, -0.25) is 0 Å². The molecular formula is C15H17N3O. The highest BCUT2D eigenvalue weighted by molar-refractivity contribution is 5.43. The molecule has 1 aliphatic heterocycles. The Morgan fingerprint density at radius 3 is 2.84 bits per heavy atom. The van der Waals surface area contributed by atoms with Gasteiger partial charge in [-0.25, -0.2) is 0 Å². The molecule has 2 aliphatic rings. The van der Waals surface area contributed by atoms with Crippen LogP contribution in [0.1, 0.15) is 47.5 Å². The van der Waals surface area contributed by atoms with Crippen molar-refractivity contribution in [3.8, 4) is 0 Å². The summed E-state index contributed by atoms with van der Waals surface area (Å²) in [4.78, 5) is 4.65. The zero-order chi connectivity index (χ0) is 12.7. The Balaban J connectivity index is 1.56. The van der Waals surface area contributed by atoms with E-state index in [2.05, 4.69) is 39.7 Å². The Morgan fingerprint density at radius 2 is 2.00 bits per heavy atom. The van der Waals surface area contributed by atoms with E-state index in [0.29, 0.717) is 11.8 Å². The first-order chi connectivity index (χ1) is 9.42. The van der Waals surface area contributed by atoms with Crippen LogP contribution in [0.5, 0.6) is 0 Å². The number of rotatable bonds is 2. The number of nitrogens with one attached hydrogen (secondary N) is 1. The Kier molecular flexibility index (Phi) is 2.62. The second-order valence-electron chi connectivity index (χ2n) is 5.47. The van der Waals surface area contributed by atoms with Crippen LogP contribution in [0.4, 0.5) is 0 Å². The van der Waals surface area contributed by atoms with E-state index in [0.717, 1.165) is 44.1 Å². The van der Waals surface area contributed by atoms with E-state index in [1.54, 1.807) is 0 Å². The lowest BCUT2D eigenvalue weighted by Crippen LogP contribution is -2.27. The quantitative estimate of drug-likeness (QED) is 0.894. The van der Waals surface area contributed by atoms with E-state index in [1.807, 2.05) is 0 Å². The molecule has 0 spiro atoms. The fourth-order valence-electron chi connectivity index (χ4n) is 3.11. The lowest BCUT2D eigenvalue weighted by molar-refractivity contribution is 0.344. The van der Waals surface area contributed by atoms with Gasteiger partial charge in [0.25, 0.3) is 0 Å². The molecule has 4 nitrogen and oxygen atoms in total. The average molecular weight is 255 g/mol. The molecule has 1 aliphatic carbocycles. The molecule has 0 radical (unpaired) electrons. The fourth-order valence-corrected chi connectivity index (χ4v) is 3.11. The lowest BCUT2D eigenvalue weighted by atomic mass is 9.77. The van der Waals surface area contributed by atoms with E-state index in [-0.39, 0.29) is 0 Å². The van der Waals surface area contributed by atoms with Crippen LogP contribution in [0.25, 0.3) is 0 Å². The van der Waals surface area contributed by atoms with Crippen molar-refractivity contribution in [1.29, 1.82) is 0 Å². The molecule has 4 rings (SSSR count). The summed E-state index contributed by atoms with van der Waals surface area (Å²) in [5.41, 5.74) is 2.76. The Labute approximate surface area is 112 Å². The number of fused-ring (bicyclic) bond motifs is 1. The molecule has 98 valence electrons. The van der Waals surface area contributed by atoms with Gasteiger partial charge in [-0.2, -0.15) is 4.98 Å². The molecule has 0 bridgehead atoms. The molecule has 1 aromatic heterocycles. The van der Waals surface area contributed by atoms with Gasteiger partial charge in [0.1, 0.15) is 0 Å². The van der Waals surface area contributed by atoms with Crippen molar-refractivity contribution in [3.05, 3.63) is 47.1 Å². The van der Waals surface area contributed by atoms with Gasteiger partial charge in [-0.1, -0.05) is 29.4 Å². The van der Waals surface area contributed by atoms with Crippen molar-refractivity contribution in [3.63, 3.8) is 0 Å². The van der Waals surface area contributed by atoms with Crippen molar-refractivity contribution >= 4 is 0 Å². The largest absolute Gasteiger partial charge is 0.339 e. The molecule has 1 fully saturated rings. The Morgan fingerprint density at radius 1 is 1.16 bits per heavy atom. The zero-order valence-electron chi connectivity index (χ0n) is 10.8. The summed E-state index contributed by atoms with van der Waals surface area (Å²) in [6, 6.07) is 8.51. The summed E-state index contributed by atoms with van der Waals surface area (Å²) in [7, 11) is 0. The van der Waals surface area contributed by atoms with Crippen LogP contribution in [0, 0.1) is 0 Å². The first kappa shape index (κ1) is 11.2. The molecule has 1 N–H and O–H groups in total. The molecule has 1 atom stereocenters. The molecular weight excluding hydrogens is 238 g/mol. The minimum absolute atomic E-state index is 0.319. The van der Waals surface area contributed by atoms with Crippen molar-refractivity contribution in [1.82, 2.24) is 15.5 Å². The second kappa shape index (κ2) is 4.46. The monoisotopic (exact) mass is 255 g/mol. The van der Waals surface area contributed by atoms with E-state index in [4.69, 9.17) is 4.52 Å². The van der Waals surface area contributed by atoms with Gasteiger partial charge in [0.05, 0.1) is 5.92 Å². The van der Waals surface area contributed by atoms with Gasteiger partial charge >= 0.3 is 0 Å².